The van der Waals surface area contributed by atoms with Crippen LogP contribution in [0, 0.1) is 0 Å². The van der Waals surface area contributed by atoms with Gasteiger partial charge in [0.25, 0.3) is 22.9 Å². The number of H-pyrrole nitrogens is 1. The van der Waals surface area contributed by atoms with Gasteiger partial charge >= 0.3 is 11.9 Å². The van der Waals surface area contributed by atoms with Crippen LogP contribution < -0.4 is 31.4 Å². The lowest BCUT2D eigenvalue weighted by molar-refractivity contribution is -0.196. The van der Waals surface area contributed by atoms with Gasteiger partial charge in [0.1, 0.15) is 11.4 Å². The molecule has 4 rings (SSSR count). The Morgan fingerprint density at radius 3 is 2.36 bits per heavy atom. The van der Waals surface area contributed by atoms with Crippen LogP contribution >= 0.6 is 23.2 Å². The van der Waals surface area contributed by atoms with Crippen molar-refractivity contribution in [1.29, 1.82) is 0 Å². The molecular formula is C24H19Cl2F3N4O6. The van der Waals surface area contributed by atoms with Gasteiger partial charge < -0.3 is 20.1 Å². The molecule has 1 aliphatic rings. The summed E-state index contributed by atoms with van der Waals surface area (Å²) in [6, 6.07) is 8.25. The summed E-state index contributed by atoms with van der Waals surface area (Å²) in [6.07, 6.45) is -5.42. The number of anilines is 1. The number of amides is 2. The highest BCUT2D eigenvalue weighted by Crippen LogP contribution is 2.45. The minimum Gasteiger partial charge on any atom is -0.493 e. The van der Waals surface area contributed by atoms with Crippen LogP contribution in [0.25, 0.3) is 0 Å². The van der Waals surface area contributed by atoms with Gasteiger partial charge in [0.15, 0.2) is 11.5 Å². The molecule has 1 unspecified atom stereocenters. The SMILES string of the molecule is COc1ccc(CCn2c3c(c(=O)[nH]c2=O)C(NC(=O)c2ccc(Cl)cc2Cl)(C(F)(F)F)C(=O)N3)cc1OC. The van der Waals surface area contributed by atoms with E-state index in [0.29, 0.717) is 17.1 Å². The zero-order valence-corrected chi connectivity index (χ0v) is 21.7. The van der Waals surface area contributed by atoms with Crippen molar-refractivity contribution in [3.8, 4) is 11.5 Å². The van der Waals surface area contributed by atoms with Gasteiger partial charge in [0, 0.05) is 11.6 Å². The largest absolute Gasteiger partial charge is 0.493 e. The molecule has 3 aromatic rings. The monoisotopic (exact) mass is 586 g/mol. The number of carbonyl (C=O) groups excluding carboxylic acids is 2. The van der Waals surface area contributed by atoms with E-state index in [1.54, 1.807) is 23.5 Å². The van der Waals surface area contributed by atoms with Crippen molar-refractivity contribution in [3.05, 3.63) is 84.0 Å². The number of nitrogens with one attached hydrogen (secondary N) is 3. The predicted octanol–water partition coefficient (Wildman–Crippen LogP) is 3.24. The van der Waals surface area contributed by atoms with Gasteiger partial charge in [0.2, 0.25) is 0 Å². The third-order valence-corrected chi connectivity index (χ3v) is 6.67. The number of fused-ring (bicyclic) bond motifs is 1. The Morgan fingerprint density at radius 2 is 1.74 bits per heavy atom. The number of aromatic amines is 1. The molecule has 3 N–H and O–H groups in total. The normalized spacial score (nSPS) is 16.4. The van der Waals surface area contributed by atoms with E-state index < -0.39 is 51.7 Å². The number of halogens is 5. The average molecular weight is 587 g/mol. The summed E-state index contributed by atoms with van der Waals surface area (Å²) in [6.45, 7) is -0.251. The fourth-order valence-electron chi connectivity index (χ4n) is 4.23. The van der Waals surface area contributed by atoms with Crippen LogP contribution in [-0.2, 0) is 23.3 Å². The van der Waals surface area contributed by atoms with Crippen LogP contribution in [-0.4, -0.2) is 41.8 Å². The quantitative estimate of drug-likeness (QED) is 0.389. The molecule has 0 radical (unpaired) electrons. The summed E-state index contributed by atoms with van der Waals surface area (Å²) in [5.41, 5.74) is -7.40. The van der Waals surface area contributed by atoms with Crippen molar-refractivity contribution < 1.29 is 32.2 Å². The first-order valence-electron chi connectivity index (χ1n) is 11.1. The number of methoxy groups -OCH3 is 2. The van der Waals surface area contributed by atoms with Crippen LogP contribution in [0.5, 0.6) is 11.5 Å². The Morgan fingerprint density at radius 1 is 1.05 bits per heavy atom. The van der Waals surface area contributed by atoms with Crippen molar-refractivity contribution in [3.63, 3.8) is 0 Å². The summed E-state index contributed by atoms with van der Waals surface area (Å²) >= 11 is 11.8. The highest BCUT2D eigenvalue weighted by Gasteiger charge is 2.68. The summed E-state index contributed by atoms with van der Waals surface area (Å²) in [5.74, 6) is -3.07. The Hall–Kier alpha value is -3.97. The molecule has 2 amide bonds. The molecule has 0 bridgehead atoms. The molecule has 1 aromatic heterocycles. The molecule has 0 fully saturated rings. The maximum absolute atomic E-state index is 14.6. The van der Waals surface area contributed by atoms with Crippen molar-refractivity contribution in [2.75, 3.05) is 19.5 Å². The fourth-order valence-corrected chi connectivity index (χ4v) is 4.72. The molecule has 0 saturated heterocycles. The van der Waals surface area contributed by atoms with Gasteiger partial charge in [-0.3, -0.25) is 23.9 Å². The molecule has 0 saturated carbocycles. The summed E-state index contributed by atoms with van der Waals surface area (Å²) in [7, 11) is 2.86. The lowest BCUT2D eigenvalue weighted by atomic mass is 9.91. The number of benzene rings is 2. The molecule has 10 nitrogen and oxygen atoms in total. The highest BCUT2D eigenvalue weighted by molar-refractivity contribution is 6.36. The zero-order valence-electron chi connectivity index (χ0n) is 20.2. The van der Waals surface area contributed by atoms with Crippen molar-refractivity contribution >= 4 is 40.8 Å². The Labute approximate surface area is 227 Å². The number of aryl methyl sites for hydroxylation is 1. The summed E-state index contributed by atoms with van der Waals surface area (Å²) in [4.78, 5) is 53.1. The molecular weight excluding hydrogens is 568 g/mol. The van der Waals surface area contributed by atoms with Crippen molar-refractivity contribution in [2.45, 2.75) is 24.7 Å². The number of ether oxygens (including phenoxy) is 2. The first-order valence-corrected chi connectivity index (χ1v) is 11.8. The van der Waals surface area contributed by atoms with Gasteiger partial charge in [-0.1, -0.05) is 29.3 Å². The number of aromatic nitrogens is 2. The standard InChI is InChI=1S/C24H19Cl2F3N4O6/c1-38-15-6-3-11(9-16(15)39-2)7-8-33-18-17(20(35)31-22(33)37)23(21(36)30-18,24(27,28)29)32-19(34)13-5-4-12(25)10-14(13)26/h3-6,9-10H,7-8H2,1-2H3,(H,30,36)(H,32,34)(H,31,35,37). The fraction of sp³-hybridized carbons (Fsp3) is 0.250. The number of carbonyl (C=O) groups is 2. The van der Waals surface area contributed by atoms with Gasteiger partial charge in [-0.15, -0.1) is 0 Å². The first kappa shape index (κ1) is 28.0. The Kier molecular flexibility index (Phi) is 7.41. The number of nitrogens with zero attached hydrogens (tertiary/aromatic N) is 1. The first-order chi connectivity index (χ1) is 18.3. The number of rotatable bonds is 7. The number of hydrogen-bond acceptors (Lipinski definition) is 6. The lowest BCUT2D eigenvalue weighted by Crippen LogP contribution is -2.62. The number of hydrogen-bond donors (Lipinski definition) is 3. The van der Waals surface area contributed by atoms with E-state index in [4.69, 9.17) is 32.7 Å². The van der Waals surface area contributed by atoms with E-state index in [1.807, 2.05) is 10.3 Å². The molecule has 39 heavy (non-hydrogen) atoms. The predicted molar refractivity (Wildman–Crippen MR) is 135 cm³/mol. The van der Waals surface area contributed by atoms with Gasteiger partial charge in [-0.25, -0.2) is 4.79 Å². The van der Waals surface area contributed by atoms with Crippen LogP contribution in [0.1, 0.15) is 21.5 Å². The Bertz CT molecular complexity index is 1600. The zero-order chi connectivity index (χ0) is 28.7. The van der Waals surface area contributed by atoms with E-state index in [1.165, 1.54) is 20.3 Å². The molecule has 15 heteroatoms. The third kappa shape index (κ3) is 4.83. The van der Waals surface area contributed by atoms with E-state index >= 15 is 0 Å². The van der Waals surface area contributed by atoms with Crippen molar-refractivity contribution in [2.24, 2.45) is 0 Å². The van der Waals surface area contributed by atoms with E-state index in [9.17, 15) is 32.3 Å². The maximum Gasteiger partial charge on any atom is 0.425 e. The number of alkyl halides is 3. The second-order valence-corrected chi connectivity index (χ2v) is 9.20. The lowest BCUT2D eigenvalue weighted by Gasteiger charge is -2.30. The molecule has 2 aromatic carbocycles. The van der Waals surface area contributed by atoms with E-state index in [2.05, 4.69) is 0 Å². The highest BCUT2D eigenvalue weighted by atomic mass is 35.5. The van der Waals surface area contributed by atoms with Gasteiger partial charge in [-0.05, 0) is 42.3 Å². The second kappa shape index (κ2) is 10.3. The van der Waals surface area contributed by atoms with Crippen molar-refractivity contribution in [1.82, 2.24) is 14.9 Å². The van der Waals surface area contributed by atoms with Gasteiger partial charge in [-0.2, -0.15) is 13.2 Å². The minimum absolute atomic E-state index is 0.0837. The Balaban J connectivity index is 1.79. The third-order valence-electron chi connectivity index (χ3n) is 6.12. The molecule has 1 atom stereocenters. The molecule has 206 valence electrons. The van der Waals surface area contributed by atoms with Gasteiger partial charge in [0.05, 0.1) is 24.8 Å². The second-order valence-electron chi connectivity index (χ2n) is 8.35. The van der Waals surface area contributed by atoms with Crippen LogP contribution in [0.2, 0.25) is 10.0 Å². The molecule has 2 heterocycles. The van der Waals surface area contributed by atoms with Crippen LogP contribution in [0.4, 0.5) is 19.0 Å². The van der Waals surface area contributed by atoms with E-state index in [0.717, 1.165) is 16.7 Å². The molecule has 0 spiro atoms. The topological polar surface area (TPSA) is 132 Å². The van der Waals surface area contributed by atoms with Crippen LogP contribution in [0.3, 0.4) is 0 Å². The minimum atomic E-state index is -5.50. The summed E-state index contributed by atoms with van der Waals surface area (Å²) in [5, 5.41) is 3.43. The molecule has 0 aliphatic carbocycles. The maximum atomic E-state index is 14.6. The smallest absolute Gasteiger partial charge is 0.425 e. The van der Waals surface area contributed by atoms with E-state index in [-0.39, 0.29) is 23.0 Å². The average Bonchev–Trinajstić information content (AvgIpc) is 3.16. The van der Waals surface area contributed by atoms with Crippen LogP contribution in [0.15, 0.2) is 46.0 Å². The molecule has 1 aliphatic heterocycles. The summed E-state index contributed by atoms with van der Waals surface area (Å²) < 4.78 is 55.0.